The second-order valence-corrected chi connectivity index (χ2v) is 8.85. The number of anilines is 1. The van der Waals surface area contributed by atoms with Crippen LogP contribution in [0.25, 0.3) is 0 Å². The van der Waals surface area contributed by atoms with Crippen molar-refractivity contribution >= 4 is 56.2 Å². The third kappa shape index (κ3) is 3.31. The lowest BCUT2D eigenvalue weighted by Gasteiger charge is -2.23. The van der Waals surface area contributed by atoms with Crippen molar-refractivity contribution in [2.45, 2.75) is 18.6 Å². The summed E-state index contributed by atoms with van der Waals surface area (Å²) in [5.41, 5.74) is -0.153. The van der Waals surface area contributed by atoms with Gasteiger partial charge in [0.25, 0.3) is 5.91 Å². The smallest absolute Gasteiger partial charge is 0.264 e. The molecule has 1 N–H and O–H groups in total. The zero-order valence-electron chi connectivity index (χ0n) is 14.6. The van der Waals surface area contributed by atoms with Gasteiger partial charge in [0.1, 0.15) is 0 Å². The van der Waals surface area contributed by atoms with Gasteiger partial charge in [-0.3, -0.25) is 9.59 Å². The topological polar surface area (TPSA) is 57.6 Å². The Morgan fingerprint density at radius 2 is 1.96 bits per heavy atom. The average molecular weight is 477 g/mol. The van der Waals surface area contributed by atoms with Gasteiger partial charge in [-0.15, -0.1) is 11.3 Å². The number of halogens is 2. The van der Waals surface area contributed by atoms with Gasteiger partial charge in [-0.25, -0.2) is 0 Å². The molecule has 4 rings (SSSR count). The zero-order valence-corrected chi connectivity index (χ0v) is 17.7. The molecule has 1 amide bonds. The van der Waals surface area contributed by atoms with Gasteiger partial charge in [0.2, 0.25) is 0 Å². The van der Waals surface area contributed by atoms with E-state index in [1.165, 1.54) is 16.2 Å². The molecule has 0 fully saturated rings. The lowest BCUT2D eigenvalue weighted by Crippen LogP contribution is -2.41. The minimum atomic E-state index is -1.92. The number of aliphatic hydroxyl groups is 1. The lowest BCUT2D eigenvalue weighted by molar-refractivity contribution is -0.136. The number of ketones is 1. The molecule has 0 unspecified atom stereocenters. The van der Waals surface area contributed by atoms with Crippen molar-refractivity contribution in [2.24, 2.45) is 0 Å². The summed E-state index contributed by atoms with van der Waals surface area (Å²) >= 11 is 11.0. The van der Waals surface area contributed by atoms with Crippen molar-refractivity contribution in [1.82, 2.24) is 0 Å². The second-order valence-electron chi connectivity index (χ2n) is 6.58. The fraction of sp³-hybridized carbons (Fsp3) is 0.143. The molecule has 0 radical (unpaired) electrons. The summed E-state index contributed by atoms with van der Waals surface area (Å²) in [4.78, 5) is 28.0. The molecule has 3 aromatic rings. The highest BCUT2D eigenvalue weighted by atomic mass is 79.9. The summed E-state index contributed by atoms with van der Waals surface area (Å²) in [6, 6.07) is 16.0. The highest BCUT2D eigenvalue weighted by Crippen LogP contribution is 2.45. The van der Waals surface area contributed by atoms with Crippen LogP contribution in [0, 0.1) is 0 Å². The second kappa shape index (κ2) is 7.44. The van der Waals surface area contributed by atoms with Gasteiger partial charge >= 0.3 is 0 Å². The molecule has 142 valence electrons. The Morgan fingerprint density at radius 1 is 1.18 bits per heavy atom. The van der Waals surface area contributed by atoms with Crippen LogP contribution in [0.1, 0.15) is 27.2 Å². The molecule has 1 aliphatic heterocycles. The highest BCUT2D eigenvalue weighted by molar-refractivity contribution is 9.10. The predicted octanol–water partition coefficient (Wildman–Crippen LogP) is 5.17. The summed E-state index contributed by atoms with van der Waals surface area (Å²) in [6.07, 6.45) is -0.311. The number of hydrogen-bond donors (Lipinski definition) is 1. The summed E-state index contributed by atoms with van der Waals surface area (Å²) in [5, 5.41) is 13.7. The Balaban J connectivity index is 1.74. The Kier molecular flexibility index (Phi) is 5.14. The standard InChI is InChI=1S/C21H15BrClNO3S/c22-14-7-8-17-15(10-14)21(27,11-18(25)19-6-3-9-28-19)20(26)24(17)12-13-4-1-2-5-16(13)23/h1-10,27H,11-12H2/t21-/m0/s1. The predicted molar refractivity (Wildman–Crippen MR) is 114 cm³/mol. The maximum Gasteiger partial charge on any atom is 0.264 e. The molecule has 1 aromatic heterocycles. The number of Topliss-reactive ketones (excluding diaryl/α,β-unsaturated/α-hetero) is 1. The first kappa shape index (κ1) is 19.3. The number of hydrogen-bond acceptors (Lipinski definition) is 4. The van der Waals surface area contributed by atoms with E-state index in [2.05, 4.69) is 15.9 Å². The first-order valence-corrected chi connectivity index (χ1v) is 10.6. The molecule has 0 saturated heterocycles. The molecule has 1 aliphatic rings. The van der Waals surface area contributed by atoms with E-state index in [4.69, 9.17) is 11.6 Å². The molecule has 0 aliphatic carbocycles. The maximum absolute atomic E-state index is 13.3. The van der Waals surface area contributed by atoms with E-state index in [1.807, 2.05) is 18.2 Å². The molecule has 0 bridgehead atoms. The number of fused-ring (bicyclic) bond motifs is 1. The Hall–Kier alpha value is -1.99. The number of benzene rings is 2. The normalized spacial score (nSPS) is 18.4. The van der Waals surface area contributed by atoms with Crippen molar-refractivity contribution < 1.29 is 14.7 Å². The molecule has 0 spiro atoms. The van der Waals surface area contributed by atoms with E-state index in [1.54, 1.807) is 41.8 Å². The average Bonchev–Trinajstić information content (AvgIpc) is 3.27. The van der Waals surface area contributed by atoms with Crippen LogP contribution < -0.4 is 4.90 Å². The van der Waals surface area contributed by atoms with Gasteiger partial charge in [0.15, 0.2) is 11.4 Å². The minimum Gasteiger partial charge on any atom is -0.375 e. The maximum atomic E-state index is 13.3. The van der Waals surface area contributed by atoms with E-state index in [0.717, 1.165) is 10.0 Å². The Labute approximate surface area is 179 Å². The molecule has 4 nitrogen and oxygen atoms in total. The number of rotatable bonds is 5. The molecule has 28 heavy (non-hydrogen) atoms. The van der Waals surface area contributed by atoms with Crippen LogP contribution in [0.4, 0.5) is 5.69 Å². The molecule has 1 atom stereocenters. The Bertz CT molecular complexity index is 1070. The Morgan fingerprint density at radius 3 is 2.68 bits per heavy atom. The third-order valence-corrected chi connectivity index (χ3v) is 6.57. The fourth-order valence-corrected chi connectivity index (χ4v) is 4.63. The molecule has 7 heteroatoms. The van der Waals surface area contributed by atoms with E-state index in [9.17, 15) is 14.7 Å². The van der Waals surface area contributed by atoms with Gasteiger partial charge in [0.05, 0.1) is 23.5 Å². The molecule has 0 saturated carbocycles. The van der Waals surface area contributed by atoms with Crippen molar-refractivity contribution in [3.05, 3.63) is 85.5 Å². The van der Waals surface area contributed by atoms with E-state index in [0.29, 0.717) is 21.2 Å². The number of carbonyl (C=O) groups excluding carboxylic acids is 2. The lowest BCUT2D eigenvalue weighted by atomic mass is 9.89. The summed E-state index contributed by atoms with van der Waals surface area (Å²) in [5.74, 6) is -0.790. The number of thiophene rings is 1. The number of carbonyl (C=O) groups is 2. The summed E-state index contributed by atoms with van der Waals surface area (Å²) in [6.45, 7) is 0.211. The van der Waals surface area contributed by atoms with Crippen LogP contribution in [0.5, 0.6) is 0 Å². The monoisotopic (exact) mass is 475 g/mol. The van der Waals surface area contributed by atoms with E-state index in [-0.39, 0.29) is 18.7 Å². The van der Waals surface area contributed by atoms with Gasteiger partial charge in [-0.2, -0.15) is 0 Å². The fourth-order valence-electron chi connectivity index (χ4n) is 3.40. The van der Waals surface area contributed by atoms with Gasteiger partial charge < -0.3 is 10.0 Å². The highest BCUT2D eigenvalue weighted by Gasteiger charge is 2.51. The van der Waals surface area contributed by atoms with Crippen LogP contribution in [0.3, 0.4) is 0 Å². The van der Waals surface area contributed by atoms with Crippen LogP contribution in [-0.2, 0) is 16.9 Å². The van der Waals surface area contributed by atoms with Crippen molar-refractivity contribution in [1.29, 1.82) is 0 Å². The largest absolute Gasteiger partial charge is 0.375 e. The number of amides is 1. The van der Waals surface area contributed by atoms with Crippen molar-refractivity contribution in [3.8, 4) is 0 Å². The van der Waals surface area contributed by atoms with Crippen LogP contribution in [0.15, 0.2) is 64.5 Å². The molecular formula is C21H15BrClNO3S. The zero-order chi connectivity index (χ0) is 19.9. The third-order valence-electron chi connectivity index (χ3n) is 4.79. The van der Waals surface area contributed by atoms with Crippen LogP contribution in [0.2, 0.25) is 5.02 Å². The molecule has 2 heterocycles. The van der Waals surface area contributed by atoms with Crippen LogP contribution >= 0.6 is 38.9 Å². The van der Waals surface area contributed by atoms with Gasteiger partial charge in [-0.1, -0.05) is 51.8 Å². The van der Waals surface area contributed by atoms with Gasteiger partial charge in [0, 0.05) is 15.1 Å². The SMILES string of the molecule is O=C(C[C@@]1(O)C(=O)N(Cc2ccccc2Cl)c2ccc(Br)cc21)c1cccs1. The molecular weight excluding hydrogens is 462 g/mol. The summed E-state index contributed by atoms with van der Waals surface area (Å²) < 4.78 is 0.723. The van der Waals surface area contributed by atoms with E-state index < -0.39 is 11.5 Å². The van der Waals surface area contributed by atoms with E-state index >= 15 is 0 Å². The minimum absolute atomic E-state index is 0.211. The van der Waals surface area contributed by atoms with Crippen molar-refractivity contribution in [2.75, 3.05) is 4.90 Å². The first-order valence-electron chi connectivity index (χ1n) is 8.54. The number of nitrogens with zero attached hydrogens (tertiary/aromatic N) is 1. The summed E-state index contributed by atoms with van der Waals surface area (Å²) in [7, 11) is 0. The molecule has 2 aromatic carbocycles. The van der Waals surface area contributed by atoms with Crippen molar-refractivity contribution in [3.63, 3.8) is 0 Å². The van der Waals surface area contributed by atoms with Crippen LogP contribution in [-0.4, -0.2) is 16.8 Å². The quantitative estimate of drug-likeness (QED) is 0.517. The van der Waals surface area contributed by atoms with Gasteiger partial charge in [-0.05, 0) is 41.3 Å². The first-order chi connectivity index (χ1) is 13.4.